The van der Waals surface area contributed by atoms with Crippen LogP contribution in [0.4, 0.5) is 11.5 Å². The molecule has 0 radical (unpaired) electrons. The highest BCUT2D eigenvalue weighted by atomic mass is 16.6. The number of hydrogen-bond acceptors (Lipinski definition) is 5. The van der Waals surface area contributed by atoms with E-state index in [0.717, 1.165) is 25.3 Å². The molecule has 1 aliphatic rings. The summed E-state index contributed by atoms with van der Waals surface area (Å²) in [6.07, 6.45) is 1.03. The number of pyridine rings is 1. The monoisotopic (exact) mass is 250 g/mol. The summed E-state index contributed by atoms with van der Waals surface area (Å²) in [5, 5.41) is 10.7. The van der Waals surface area contributed by atoms with Gasteiger partial charge in [0.25, 0.3) is 5.69 Å². The molecule has 1 saturated heterocycles. The summed E-state index contributed by atoms with van der Waals surface area (Å²) in [4.78, 5) is 16.7. The number of nitro groups is 1. The molecule has 2 rings (SSSR count). The van der Waals surface area contributed by atoms with Gasteiger partial charge in [0.05, 0.1) is 4.92 Å². The molecule has 6 heteroatoms. The molecule has 0 amide bonds. The van der Waals surface area contributed by atoms with E-state index in [4.69, 9.17) is 5.73 Å². The third-order valence-corrected chi connectivity index (χ3v) is 3.58. The molecule has 1 aromatic rings. The number of piperidine rings is 1. The molecule has 2 unspecified atom stereocenters. The Morgan fingerprint density at radius 1 is 1.56 bits per heavy atom. The van der Waals surface area contributed by atoms with Gasteiger partial charge in [-0.1, -0.05) is 6.92 Å². The first kappa shape index (κ1) is 12.8. The lowest BCUT2D eigenvalue weighted by Crippen LogP contribution is -2.47. The Labute approximate surface area is 106 Å². The lowest BCUT2D eigenvalue weighted by Gasteiger charge is -2.35. The maximum Gasteiger partial charge on any atom is 0.290 e. The molecule has 2 heterocycles. The summed E-state index contributed by atoms with van der Waals surface area (Å²) < 4.78 is 0. The number of rotatable bonds is 2. The highest BCUT2D eigenvalue weighted by Gasteiger charge is 2.24. The van der Waals surface area contributed by atoms with Crippen molar-refractivity contribution in [1.29, 1.82) is 0 Å². The van der Waals surface area contributed by atoms with Crippen molar-refractivity contribution in [1.82, 2.24) is 4.98 Å². The van der Waals surface area contributed by atoms with Crippen molar-refractivity contribution in [3.05, 3.63) is 27.9 Å². The van der Waals surface area contributed by atoms with Crippen molar-refractivity contribution < 1.29 is 4.92 Å². The Morgan fingerprint density at radius 3 is 2.83 bits per heavy atom. The molecule has 0 bridgehead atoms. The lowest BCUT2D eigenvalue weighted by molar-refractivity contribution is -0.385. The van der Waals surface area contributed by atoms with Crippen LogP contribution in [0.2, 0.25) is 0 Å². The highest BCUT2D eigenvalue weighted by molar-refractivity contribution is 5.47. The van der Waals surface area contributed by atoms with Gasteiger partial charge in [0.2, 0.25) is 0 Å². The van der Waals surface area contributed by atoms with Gasteiger partial charge in [0.15, 0.2) is 0 Å². The molecule has 0 saturated carbocycles. The van der Waals surface area contributed by atoms with Gasteiger partial charge in [-0.15, -0.1) is 0 Å². The first-order chi connectivity index (χ1) is 8.49. The summed E-state index contributed by atoms with van der Waals surface area (Å²) in [5.41, 5.74) is 6.56. The minimum Gasteiger partial charge on any atom is -0.355 e. The van der Waals surface area contributed by atoms with Crippen LogP contribution in [0.25, 0.3) is 0 Å². The fraction of sp³-hybridized carbons (Fsp3) is 0.583. The minimum atomic E-state index is -0.407. The van der Waals surface area contributed by atoms with Crippen molar-refractivity contribution in [3.8, 4) is 0 Å². The van der Waals surface area contributed by atoms with Crippen molar-refractivity contribution in [2.45, 2.75) is 26.3 Å². The third kappa shape index (κ3) is 2.43. The second-order valence-electron chi connectivity index (χ2n) is 4.91. The second-order valence-corrected chi connectivity index (χ2v) is 4.91. The first-order valence-corrected chi connectivity index (χ1v) is 6.11. The van der Waals surface area contributed by atoms with Gasteiger partial charge in [0, 0.05) is 25.2 Å². The van der Waals surface area contributed by atoms with E-state index in [-0.39, 0.29) is 11.7 Å². The maximum absolute atomic E-state index is 10.7. The molecule has 2 atom stereocenters. The Balaban J connectivity index is 2.19. The predicted molar refractivity (Wildman–Crippen MR) is 69.6 cm³/mol. The zero-order valence-electron chi connectivity index (χ0n) is 10.7. The van der Waals surface area contributed by atoms with Crippen molar-refractivity contribution in [2.75, 3.05) is 18.0 Å². The van der Waals surface area contributed by atoms with E-state index >= 15 is 0 Å². The van der Waals surface area contributed by atoms with Crippen LogP contribution in [0.3, 0.4) is 0 Å². The van der Waals surface area contributed by atoms with Gasteiger partial charge in [0.1, 0.15) is 11.5 Å². The summed E-state index contributed by atoms with van der Waals surface area (Å²) in [7, 11) is 0. The quantitative estimate of drug-likeness (QED) is 0.634. The topological polar surface area (TPSA) is 85.3 Å². The highest BCUT2D eigenvalue weighted by Crippen LogP contribution is 2.24. The molecular formula is C12H18N4O2. The Hall–Kier alpha value is -1.69. The number of aromatic nitrogens is 1. The van der Waals surface area contributed by atoms with E-state index in [1.165, 1.54) is 6.07 Å². The summed E-state index contributed by atoms with van der Waals surface area (Å²) in [6, 6.07) is 3.35. The largest absolute Gasteiger partial charge is 0.355 e. The van der Waals surface area contributed by atoms with Crippen LogP contribution >= 0.6 is 0 Å². The number of aryl methyl sites for hydroxylation is 1. The van der Waals surface area contributed by atoms with E-state index in [2.05, 4.69) is 16.8 Å². The van der Waals surface area contributed by atoms with Crippen LogP contribution in [0.15, 0.2) is 12.1 Å². The van der Waals surface area contributed by atoms with Crippen LogP contribution in [0.1, 0.15) is 19.0 Å². The molecule has 98 valence electrons. The van der Waals surface area contributed by atoms with Crippen molar-refractivity contribution >= 4 is 11.5 Å². The van der Waals surface area contributed by atoms with Crippen LogP contribution in [0, 0.1) is 23.0 Å². The van der Waals surface area contributed by atoms with Crippen molar-refractivity contribution in [3.63, 3.8) is 0 Å². The minimum absolute atomic E-state index is 0.0634. The Bertz CT molecular complexity index is 463. The van der Waals surface area contributed by atoms with Crippen molar-refractivity contribution in [2.24, 2.45) is 11.7 Å². The van der Waals surface area contributed by atoms with Crippen LogP contribution in [-0.4, -0.2) is 29.0 Å². The first-order valence-electron chi connectivity index (χ1n) is 6.11. The average Bonchev–Trinajstić information content (AvgIpc) is 2.32. The van der Waals surface area contributed by atoms with Gasteiger partial charge in [-0.05, 0) is 25.3 Å². The van der Waals surface area contributed by atoms with Gasteiger partial charge >= 0.3 is 0 Å². The lowest BCUT2D eigenvalue weighted by atomic mass is 9.94. The summed E-state index contributed by atoms with van der Waals surface area (Å²) in [5.74, 6) is 1.29. The summed E-state index contributed by atoms with van der Waals surface area (Å²) >= 11 is 0. The SMILES string of the molecule is Cc1nc(N2CCC(C)C(N)C2)ccc1[N+](=O)[O-]. The molecule has 6 nitrogen and oxygen atoms in total. The fourth-order valence-corrected chi connectivity index (χ4v) is 2.22. The molecule has 1 aliphatic heterocycles. The van der Waals surface area contributed by atoms with Gasteiger partial charge in [-0.25, -0.2) is 4.98 Å². The van der Waals surface area contributed by atoms with E-state index in [1.807, 2.05) is 0 Å². The average molecular weight is 250 g/mol. The molecule has 0 aliphatic carbocycles. The standard InChI is InChI=1S/C12H18N4O2/c1-8-5-6-15(7-10(8)13)12-4-3-11(16(17)18)9(2)14-12/h3-4,8,10H,5-7,13H2,1-2H3. The zero-order valence-corrected chi connectivity index (χ0v) is 10.7. The Kier molecular flexibility index (Phi) is 3.47. The van der Waals surface area contributed by atoms with E-state index in [9.17, 15) is 10.1 Å². The second kappa shape index (κ2) is 4.89. The van der Waals surface area contributed by atoms with Gasteiger partial charge in [-0.2, -0.15) is 0 Å². The summed E-state index contributed by atoms with van der Waals surface area (Å²) in [6.45, 7) is 5.47. The van der Waals surface area contributed by atoms with Crippen LogP contribution < -0.4 is 10.6 Å². The predicted octanol–water partition coefficient (Wildman–Crippen LogP) is 1.47. The van der Waals surface area contributed by atoms with Crippen LogP contribution in [-0.2, 0) is 0 Å². The third-order valence-electron chi connectivity index (χ3n) is 3.58. The molecule has 1 aromatic heterocycles. The number of nitrogens with zero attached hydrogens (tertiary/aromatic N) is 3. The van der Waals surface area contributed by atoms with Gasteiger partial charge in [-0.3, -0.25) is 10.1 Å². The molecule has 2 N–H and O–H groups in total. The maximum atomic E-state index is 10.7. The molecule has 1 fully saturated rings. The van der Waals surface area contributed by atoms with Crippen LogP contribution in [0.5, 0.6) is 0 Å². The Morgan fingerprint density at radius 2 is 2.28 bits per heavy atom. The van der Waals surface area contributed by atoms with E-state index < -0.39 is 4.92 Å². The van der Waals surface area contributed by atoms with E-state index in [1.54, 1.807) is 13.0 Å². The van der Waals surface area contributed by atoms with Gasteiger partial charge < -0.3 is 10.6 Å². The van der Waals surface area contributed by atoms with E-state index in [0.29, 0.717) is 11.6 Å². The smallest absolute Gasteiger partial charge is 0.290 e. The number of hydrogen-bond donors (Lipinski definition) is 1. The molecule has 0 aromatic carbocycles. The number of anilines is 1. The zero-order chi connectivity index (χ0) is 13.3. The molecule has 18 heavy (non-hydrogen) atoms. The fourth-order valence-electron chi connectivity index (χ4n) is 2.22. The molecular weight excluding hydrogens is 232 g/mol. The number of nitrogens with two attached hydrogens (primary N) is 1. The molecule has 0 spiro atoms. The normalized spacial score (nSPS) is 24.1.